The number of aliphatic hydroxyl groups excluding tert-OH is 1. The Morgan fingerprint density at radius 1 is 0.906 bits per heavy atom. The number of H-pyrrole nitrogens is 1. The van der Waals surface area contributed by atoms with Crippen LogP contribution in [-0.4, -0.2) is 26.0 Å². The van der Waals surface area contributed by atoms with Gasteiger partial charge in [0, 0.05) is 28.4 Å². The first-order valence-electron chi connectivity index (χ1n) is 10.3. The van der Waals surface area contributed by atoms with Crippen molar-refractivity contribution in [2.45, 2.75) is 6.04 Å². The molecule has 0 aliphatic carbocycles. The highest BCUT2D eigenvalue weighted by Gasteiger charge is 2.42. The van der Waals surface area contributed by atoms with Crippen molar-refractivity contribution in [3.8, 4) is 0 Å². The van der Waals surface area contributed by atoms with Crippen LogP contribution in [0.5, 0.6) is 0 Å². The van der Waals surface area contributed by atoms with E-state index in [1.54, 1.807) is 17.4 Å². The summed E-state index contributed by atoms with van der Waals surface area (Å²) < 4.78 is 0. The summed E-state index contributed by atoms with van der Waals surface area (Å²) in [6.45, 7) is 0. The molecule has 0 bridgehead atoms. The number of fused-ring (bicyclic) bond motifs is 2. The number of imidazole rings is 1. The van der Waals surface area contributed by atoms with Crippen molar-refractivity contribution in [3.05, 3.63) is 108 Å². The Kier molecular flexibility index (Phi) is 4.04. The van der Waals surface area contributed by atoms with E-state index in [9.17, 15) is 9.90 Å². The van der Waals surface area contributed by atoms with Gasteiger partial charge in [-0.1, -0.05) is 54.6 Å². The Bertz CT molecular complexity index is 1520. The maximum absolute atomic E-state index is 13.5. The summed E-state index contributed by atoms with van der Waals surface area (Å²) in [6.07, 6.45) is 3.37. The summed E-state index contributed by atoms with van der Waals surface area (Å²) in [5.41, 5.74) is 5.28. The average Bonchev–Trinajstić information content (AvgIpc) is 3.41. The molecule has 0 saturated carbocycles. The van der Waals surface area contributed by atoms with Crippen molar-refractivity contribution < 1.29 is 9.90 Å². The lowest BCUT2D eigenvalue weighted by Gasteiger charge is -2.28. The highest BCUT2D eigenvalue weighted by molar-refractivity contribution is 6.17. The van der Waals surface area contributed by atoms with Crippen LogP contribution in [0.3, 0.4) is 0 Å². The molecule has 6 nitrogen and oxygen atoms in total. The molecule has 1 aliphatic heterocycles. The smallest absolute Gasteiger partial charge is 0.294 e. The second-order valence-electron chi connectivity index (χ2n) is 7.73. The molecule has 2 N–H and O–H groups in total. The molecule has 1 amide bonds. The molecule has 1 atom stereocenters. The Morgan fingerprint density at radius 3 is 2.62 bits per heavy atom. The van der Waals surface area contributed by atoms with E-state index in [1.165, 1.54) is 0 Å². The third-order valence-corrected chi connectivity index (χ3v) is 5.93. The molecule has 6 rings (SSSR count). The summed E-state index contributed by atoms with van der Waals surface area (Å²) >= 11 is 0. The second-order valence-corrected chi connectivity index (χ2v) is 7.73. The van der Waals surface area contributed by atoms with Gasteiger partial charge in [0.15, 0.2) is 5.76 Å². The molecule has 0 spiro atoms. The van der Waals surface area contributed by atoms with Gasteiger partial charge < -0.3 is 10.1 Å². The maximum Gasteiger partial charge on any atom is 0.294 e. The van der Waals surface area contributed by atoms with Gasteiger partial charge in [-0.3, -0.25) is 14.7 Å². The van der Waals surface area contributed by atoms with E-state index in [4.69, 9.17) is 0 Å². The number of nitrogens with zero attached hydrogens (tertiary/aromatic N) is 3. The molecule has 0 fully saturated rings. The van der Waals surface area contributed by atoms with Gasteiger partial charge in [-0.05, 0) is 29.8 Å². The number of hydrogen-bond acceptors (Lipinski definition) is 4. The minimum absolute atomic E-state index is 0.253. The van der Waals surface area contributed by atoms with Gasteiger partial charge in [0.25, 0.3) is 5.91 Å². The summed E-state index contributed by atoms with van der Waals surface area (Å²) in [7, 11) is 0. The molecule has 154 valence electrons. The van der Waals surface area contributed by atoms with E-state index in [0.29, 0.717) is 11.3 Å². The highest BCUT2D eigenvalue weighted by Crippen LogP contribution is 2.46. The molecule has 32 heavy (non-hydrogen) atoms. The third kappa shape index (κ3) is 2.70. The molecule has 0 saturated heterocycles. The monoisotopic (exact) mass is 418 g/mol. The van der Waals surface area contributed by atoms with Crippen LogP contribution in [0, 0.1) is 0 Å². The quantitative estimate of drug-likeness (QED) is 0.424. The predicted octanol–water partition coefficient (Wildman–Crippen LogP) is 5.17. The van der Waals surface area contributed by atoms with Gasteiger partial charge in [0.2, 0.25) is 0 Å². The van der Waals surface area contributed by atoms with Crippen molar-refractivity contribution >= 4 is 39.1 Å². The summed E-state index contributed by atoms with van der Waals surface area (Å²) in [6, 6.07) is 24.4. The van der Waals surface area contributed by atoms with E-state index in [1.807, 2.05) is 78.9 Å². The zero-order valence-corrected chi connectivity index (χ0v) is 16.9. The number of aromatic amines is 1. The number of hydrogen-bond donors (Lipinski definition) is 2. The van der Waals surface area contributed by atoms with Crippen LogP contribution < -0.4 is 4.90 Å². The van der Waals surface area contributed by atoms with Gasteiger partial charge in [-0.2, -0.15) is 0 Å². The number of anilines is 1. The van der Waals surface area contributed by atoms with Gasteiger partial charge in [0.05, 0.1) is 28.9 Å². The lowest BCUT2D eigenvalue weighted by Crippen LogP contribution is -2.30. The molecule has 2 aromatic heterocycles. The summed E-state index contributed by atoms with van der Waals surface area (Å²) in [5, 5.41) is 12.0. The van der Waals surface area contributed by atoms with Crippen molar-refractivity contribution in [1.29, 1.82) is 0 Å². The first-order valence-corrected chi connectivity index (χ1v) is 10.3. The number of benzene rings is 3. The third-order valence-electron chi connectivity index (χ3n) is 5.93. The maximum atomic E-state index is 13.5. The Labute approximate surface area is 183 Å². The largest absolute Gasteiger partial charge is 0.503 e. The topological polar surface area (TPSA) is 82.1 Å². The van der Waals surface area contributed by atoms with Crippen LogP contribution in [0.1, 0.15) is 17.2 Å². The number of amides is 1. The van der Waals surface area contributed by atoms with Crippen molar-refractivity contribution in [2.75, 3.05) is 4.90 Å². The number of carbonyl (C=O) groups is 1. The van der Waals surface area contributed by atoms with Crippen LogP contribution in [0.2, 0.25) is 0 Å². The fraction of sp³-hybridized carbons (Fsp3) is 0.0385. The van der Waals surface area contributed by atoms with Crippen molar-refractivity contribution in [3.63, 3.8) is 0 Å². The van der Waals surface area contributed by atoms with Crippen LogP contribution in [0.15, 0.2) is 97.1 Å². The zero-order valence-electron chi connectivity index (χ0n) is 16.9. The van der Waals surface area contributed by atoms with Crippen LogP contribution in [-0.2, 0) is 4.79 Å². The number of aliphatic hydroxyl groups is 1. The SMILES string of the molecule is O=C1C(O)=C(c2ccccc2)C(c2cccc3cccnc23)N1c1ccc2[nH]cnc2c1. The number of pyridine rings is 1. The van der Waals surface area contributed by atoms with E-state index >= 15 is 0 Å². The Balaban J connectivity index is 1.62. The fourth-order valence-corrected chi connectivity index (χ4v) is 4.50. The normalized spacial score (nSPS) is 16.4. The first-order chi connectivity index (χ1) is 15.7. The lowest BCUT2D eigenvalue weighted by atomic mass is 9.91. The van der Waals surface area contributed by atoms with Gasteiger partial charge in [0.1, 0.15) is 0 Å². The number of rotatable bonds is 3. The van der Waals surface area contributed by atoms with Gasteiger partial charge >= 0.3 is 0 Å². The molecule has 1 unspecified atom stereocenters. The van der Waals surface area contributed by atoms with E-state index in [-0.39, 0.29) is 5.76 Å². The molecular formula is C26H18N4O2. The number of nitrogens with one attached hydrogen (secondary N) is 1. The van der Waals surface area contributed by atoms with Crippen molar-refractivity contribution in [1.82, 2.24) is 15.0 Å². The van der Waals surface area contributed by atoms with Crippen molar-refractivity contribution in [2.24, 2.45) is 0 Å². The zero-order chi connectivity index (χ0) is 21.7. The van der Waals surface area contributed by atoms with E-state index in [2.05, 4.69) is 15.0 Å². The lowest BCUT2D eigenvalue weighted by molar-refractivity contribution is -0.117. The Morgan fingerprint density at radius 2 is 1.75 bits per heavy atom. The minimum atomic E-state index is -0.542. The molecule has 1 aliphatic rings. The predicted molar refractivity (Wildman–Crippen MR) is 124 cm³/mol. The standard InChI is InChI=1S/C26H18N4O2/c31-25-22(16-6-2-1-3-7-16)24(19-10-4-8-17-9-5-13-27-23(17)19)30(26(25)32)18-11-12-20-21(14-18)29-15-28-20/h1-15,24,31H,(H,28,29). The average molecular weight is 418 g/mol. The summed E-state index contributed by atoms with van der Waals surface area (Å²) in [4.78, 5) is 27.1. The molecule has 3 heterocycles. The number of para-hydroxylation sites is 1. The van der Waals surface area contributed by atoms with E-state index < -0.39 is 11.9 Å². The second kappa shape index (κ2) is 7.06. The van der Waals surface area contributed by atoms with Crippen LogP contribution in [0.4, 0.5) is 5.69 Å². The molecular weight excluding hydrogens is 400 g/mol. The summed E-state index contributed by atoms with van der Waals surface area (Å²) in [5.74, 6) is -0.701. The van der Waals surface area contributed by atoms with Crippen LogP contribution >= 0.6 is 0 Å². The Hall–Kier alpha value is -4.45. The fourth-order valence-electron chi connectivity index (χ4n) is 4.50. The van der Waals surface area contributed by atoms with E-state index in [0.717, 1.165) is 33.1 Å². The number of aromatic nitrogens is 3. The molecule has 5 aromatic rings. The van der Waals surface area contributed by atoms with Gasteiger partial charge in [-0.25, -0.2) is 4.98 Å². The van der Waals surface area contributed by atoms with Crippen LogP contribution in [0.25, 0.3) is 27.5 Å². The minimum Gasteiger partial charge on any atom is -0.503 e. The number of carbonyl (C=O) groups excluding carboxylic acids is 1. The molecule has 6 heteroatoms. The molecule has 0 radical (unpaired) electrons. The highest BCUT2D eigenvalue weighted by atomic mass is 16.3. The first kappa shape index (κ1) is 18.3. The molecule has 3 aromatic carbocycles. The van der Waals surface area contributed by atoms with Gasteiger partial charge in [-0.15, -0.1) is 0 Å².